The van der Waals surface area contributed by atoms with E-state index in [1.165, 1.54) is 6.42 Å². The summed E-state index contributed by atoms with van der Waals surface area (Å²) in [5.41, 5.74) is 0. The minimum absolute atomic E-state index is 0.178. The van der Waals surface area contributed by atoms with Crippen LogP contribution in [-0.2, 0) is 0 Å². The topological polar surface area (TPSA) is 20.2 Å². The summed E-state index contributed by atoms with van der Waals surface area (Å²) < 4.78 is 13.4. The molecule has 2 rings (SSSR count). The molecule has 0 heterocycles. The fourth-order valence-electron chi connectivity index (χ4n) is 2.64. The van der Waals surface area contributed by atoms with Gasteiger partial charge in [0.1, 0.15) is 6.17 Å². The van der Waals surface area contributed by atoms with E-state index in [0.29, 0.717) is 12.8 Å². The van der Waals surface area contributed by atoms with Crippen molar-refractivity contribution in [3.63, 3.8) is 0 Å². The third-order valence-corrected chi connectivity index (χ3v) is 3.20. The first-order chi connectivity index (χ1) is 5.27. The molecule has 0 aromatic carbocycles. The second-order valence-electron chi connectivity index (χ2n) is 4.02. The molecule has 2 aliphatic carbocycles. The van der Waals surface area contributed by atoms with Gasteiger partial charge in [-0.15, -0.1) is 0 Å². The van der Waals surface area contributed by atoms with Crippen LogP contribution in [0.3, 0.4) is 0 Å². The normalized spacial score (nSPS) is 50.7. The van der Waals surface area contributed by atoms with Crippen LogP contribution in [0.4, 0.5) is 4.39 Å². The molecule has 0 saturated heterocycles. The molecule has 2 aliphatic rings. The van der Waals surface area contributed by atoms with Gasteiger partial charge in [0.2, 0.25) is 0 Å². The Kier molecular flexibility index (Phi) is 1.88. The summed E-state index contributed by atoms with van der Waals surface area (Å²) in [6, 6.07) is 0. The zero-order valence-electron chi connectivity index (χ0n) is 6.67. The van der Waals surface area contributed by atoms with E-state index in [0.717, 1.165) is 12.8 Å². The van der Waals surface area contributed by atoms with Gasteiger partial charge in [-0.1, -0.05) is 6.42 Å². The zero-order valence-corrected chi connectivity index (χ0v) is 6.67. The van der Waals surface area contributed by atoms with E-state index in [4.69, 9.17) is 0 Å². The summed E-state index contributed by atoms with van der Waals surface area (Å²) in [4.78, 5) is 0. The maximum absolute atomic E-state index is 13.4. The molecule has 4 atom stereocenters. The van der Waals surface area contributed by atoms with Gasteiger partial charge in [-0.3, -0.25) is 0 Å². The molecule has 2 unspecified atom stereocenters. The van der Waals surface area contributed by atoms with E-state index in [9.17, 15) is 9.50 Å². The summed E-state index contributed by atoms with van der Waals surface area (Å²) in [6.07, 6.45) is 3.76. The number of rotatable bonds is 0. The Bertz CT molecular complexity index is 134. The van der Waals surface area contributed by atoms with Crippen molar-refractivity contribution >= 4 is 0 Å². The quantitative estimate of drug-likeness (QED) is 0.571. The van der Waals surface area contributed by atoms with Gasteiger partial charge in [0.05, 0.1) is 6.10 Å². The van der Waals surface area contributed by atoms with Crippen LogP contribution >= 0.6 is 0 Å². The van der Waals surface area contributed by atoms with Gasteiger partial charge in [0.25, 0.3) is 0 Å². The van der Waals surface area contributed by atoms with Crippen LogP contribution in [0.2, 0.25) is 0 Å². The molecule has 0 aliphatic heterocycles. The lowest BCUT2D eigenvalue weighted by Gasteiger charge is -2.40. The number of fused-ring (bicyclic) bond motifs is 2. The maximum atomic E-state index is 13.4. The van der Waals surface area contributed by atoms with E-state index >= 15 is 0 Å². The van der Waals surface area contributed by atoms with Gasteiger partial charge in [-0.05, 0) is 37.5 Å². The van der Waals surface area contributed by atoms with Gasteiger partial charge in [-0.2, -0.15) is 0 Å². The van der Waals surface area contributed by atoms with Crippen LogP contribution in [0.5, 0.6) is 0 Å². The maximum Gasteiger partial charge on any atom is 0.106 e. The van der Waals surface area contributed by atoms with Crippen LogP contribution in [0.25, 0.3) is 0 Å². The average Bonchev–Trinajstić information content (AvgIpc) is 1.92. The SMILES string of the molecule is OC1C[C@H]2CCC[C@@H](C1)C2F. The van der Waals surface area contributed by atoms with Crippen molar-refractivity contribution in [1.82, 2.24) is 0 Å². The van der Waals surface area contributed by atoms with Gasteiger partial charge in [-0.25, -0.2) is 4.39 Å². The molecule has 1 nitrogen and oxygen atoms in total. The van der Waals surface area contributed by atoms with E-state index in [1.807, 2.05) is 0 Å². The van der Waals surface area contributed by atoms with Crippen LogP contribution in [-0.4, -0.2) is 17.4 Å². The van der Waals surface area contributed by atoms with Crippen molar-refractivity contribution < 1.29 is 9.50 Å². The van der Waals surface area contributed by atoms with E-state index in [1.54, 1.807) is 0 Å². The van der Waals surface area contributed by atoms with Crippen molar-refractivity contribution in [3.05, 3.63) is 0 Å². The average molecular weight is 158 g/mol. The lowest BCUT2D eigenvalue weighted by Crippen LogP contribution is -2.39. The molecule has 0 spiro atoms. The molecule has 2 heteroatoms. The number of hydrogen-bond donors (Lipinski definition) is 1. The predicted molar refractivity (Wildman–Crippen MR) is 41.0 cm³/mol. The molecule has 11 heavy (non-hydrogen) atoms. The number of alkyl halides is 1. The van der Waals surface area contributed by atoms with Crippen molar-refractivity contribution in [2.45, 2.75) is 44.4 Å². The first-order valence-electron chi connectivity index (χ1n) is 4.59. The van der Waals surface area contributed by atoms with Crippen molar-refractivity contribution in [2.24, 2.45) is 11.8 Å². The smallest absolute Gasteiger partial charge is 0.106 e. The molecule has 1 N–H and O–H groups in total. The monoisotopic (exact) mass is 158 g/mol. The van der Waals surface area contributed by atoms with E-state index < -0.39 is 6.17 Å². The second-order valence-corrected chi connectivity index (χ2v) is 4.02. The highest BCUT2D eigenvalue weighted by atomic mass is 19.1. The lowest BCUT2D eigenvalue weighted by molar-refractivity contribution is -0.0189. The highest BCUT2D eigenvalue weighted by molar-refractivity contribution is 4.89. The van der Waals surface area contributed by atoms with Gasteiger partial charge >= 0.3 is 0 Å². The largest absolute Gasteiger partial charge is 0.393 e. The summed E-state index contributed by atoms with van der Waals surface area (Å²) in [7, 11) is 0. The summed E-state index contributed by atoms with van der Waals surface area (Å²) >= 11 is 0. The first kappa shape index (κ1) is 7.53. The number of aliphatic hydroxyl groups is 1. The Labute approximate surface area is 66.6 Å². The van der Waals surface area contributed by atoms with Gasteiger partial charge < -0.3 is 5.11 Å². The standard InChI is InChI=1S/C9H15FO/c10-9-6-2-1-3-7(9)5-8(11)4-6/h6-9,11H,1-5H2/t6-,7+,8?,9?. The van der Waals surface area contributed by atoms with Crippen LogP contribution in [0, 0.1) is 11.8 Å². The Morgan fingerprint density at radius 2 is 1.64 bits per heavy atom. The van der Waals surface area contributed by atoms with E-state index in [2.05, 4.69) is 0 Å². The molecule has 64 valence electrons. The van der Waals surface area contributed by atoms with Crippen molar-refractivity contribution in [1.29, 1.82) is 0 Å². The van der Waals surface area contributed by atoms with Crippen LogP contribution < -0.4 is 0 Å². The molecule has 2 bridgehead atoms. The van der Waals surface area contributed by atoms with Crippen LogP contribution in [0.1, 0.15) is 32.1 Å². The second kappa shape index (κ2) is 2.74. The number of aliphatic hydroxyl groups excluding tert-OH is 1. The van der Waals surface area contributed by atoms with Crippen molar-refractivity contribution in [3.8, 4) is 0 Å². The highest BCUT2D eigenvalue weighted by Crippen LogP contribution is 2.41. The minimum atomic E-state index is -0.604. The Morgan fingerprint density at radius 3 is 2.18 bits per heavy atom. The molecule has 0 aromatic rings. The highest BCUT2D eigenvalue weighted by Gasteiger charge is 2.39. The fraction of sp³-hybridized carbons (Fsp3) is 1.00. The molecular weight excluding hydrogens is 143 g/mol. The zero-order chi connectivity index (χ0) is 7.84. The Hall–Kier alpha value is -0.110. The molecule has 2 saturated carbocycles. The Balaban J connectivity index is 2.07. The summed E-state index contributed by atoms with van der Waals surface area (Å²) in [6.45, 7) is 0. The summed E-state index contributed by atoms with van der Waals surface area (Å²) in [5, 5.41) is 9.37. The first-order valence-corrected chi connectivity index (χ1v) is 4.59. The van der Waals surface area contributed by atoms with Crippen LogP contribution in [0.15, 0.2) is 0 Å². The Morgan fingerprint density at radius 1 is 1.09 bits per heavy atom. The minimum Gasteiger partial charge on any atom is -0.393 e. The van der Waals surface area contributed by atoms with E-state index in [-0.39, 0.29) is 17.9 Å². The molecule has 0 radical (unpaired) electrons. The summed E-state index contributed by atoms with van der Waals surface area (Å²) in [5.74, 6) is 0.356. The molecule has 0 aromatic heterocycles. The predicted octanol–water partition coefficient (Wildman–Crippen LogP) is 1.90. The fourth-order valence-corrected chi connectivity index (χ4v) is 2.64. The molecular formula is C9H15FO. The van der Waals surface area contributed by atoms with Gasteiger partial charge in [0.15, 0.2) is 0 Å². The third-order valence-electron chi connectivity index (χ3n) is 3.20. The third kappa shape index (κ3) is 1.28. The number of hydrogen-bond acceptors (Lipinski definition) is 1. The van der Waals surface area contributed by atoms with Gasteiger partial charge in [0, 0.05) is 0 Å². The number of halogens is 1. The molecule has 2 fully saturated rings. The van der Waals surface area contributed by atoms with Crippen molar-refractivity contribution in [2.75, 3.05) is 0 Å². The molecule has 0 amide bonds. The lowest BCUT2D eigenvalue weighted by atomic mass is 9.70.